The van der Waals surface area contributed by atoms with E-state index in [4.69, 9.17) is 28.9 Å². The standard InChI is InChI=1S/C12H7Cl2F2N/c13-9-3-6(17)1-2-7(9)8-4-11(15)12(16)5-10(8)14/h1-5H,17H2. The molecule has 0 fully saturated rings. The van der Waals surface area contributed by atoms with Gasteiger partial charge in [0.1, 0.15) is 0 Å². The van der Waals surface area contributed by atoms with E-state index >= 15 is 0 Å². The molecule has 2 aromatic carbocycles. The Kier molecular flexibility index (Phi) is 3.22. The molecule has 0 aliphatic heterocycles. The van der Waals surface area contributed by atoms with E-state index in [0.717, 1.165) is 12.1 Å². The second kappa shape index (κ2) is 4.51. The summed E-state index contributed by atoms with van der Waals surface area (Å²) in [6, 6.07) is 6.66. The first-order valence-corrected chi connectivity index (χ1v) is 5.44. The van der Waals surface area contributed by atoms with Crippen LogP contribution in [0.5, 0.6) is 0 Å². The molecule has 2 aromatic rings. The van der Waals surface area contributed by atoms with Crippen molar-refractivity contribution in [2.45, 2.75) is 0 Å². The highest BCUT2D eigenvalue weighted by atomic mass is 35.5. The van der Waals surface area contributed by atoms with Crippen molar-refractivity contribution in [2.75, 3.05) is 5.73 Å². The van der Waals surface area contributed by atoms with Gasteiger partial charge in [0, 0.05) is 16.8 Å². The SMILES string of the molecule is Nc1ccc(-c2cc(F)c(F)cc2Cl)c(Cl)c1. The number of hydrogen-bond acceptors (Lipinski definition) is 1. The summed E-state index contributed by atoms with van der Waals surface area (Å²) < 4.78 is 26.1. The van der Waals surface area contributed by atoms with Gasteiger partial charge in [-0.2, -0.15) is 0 Å². The molecule has 0 bridgehead atoms. The lowest BCUT2D eigenvalue weighted by atomic mass is 10.0. The number of rotatable bonds is 1. The van der Waals surface area contributed by atoms with Crippen LogP contribution in [0.4, 0.5) is 14.5 Å². The van der Waals surface area contributed by atoms with Crippen LogP contribution < -0.4 is 5.73 Å². The van der Waals surface area contributed by atoms with E-state index in [0.29, 0.717) is 21.8 Å². The van der Waals surface area contributed by atoms with Gasteiger partial charge in [-0.15, -0.1) is 0 Å². The van der Waals surface area contributed by atoms with Crippen LogP contribution in [0.3, 0.4) is 0 Å². The molecule has 2 rings (SSSR count). The van der Waals surface area contributed by atoms with Crippen molar-refractivity contribution >= 4 is 28.9 Å². The maximum absolute atomic E-state index is 13.2. The van der Waals surface area contributed by atoms with Crippen LogP contribution in [0.15, 0.2) is 30.3 Å². The monoisotopic (exact) mass is 273 g/mol. The first-order chi connectivity index (χ1) is 7.99. The molecule has 0 amide bonds. The Morgan fingerprint density at radius 2 is 1.41 bits per heavy atom. The van der Waals surface area contributed by atoms with Gasteiger partial charge in [-0.3, -0.25) is 0 Å². The molecule has 5 heteroatoms. The van der Waals surface area contributed by atoms with Gasteiger partial charge < -0.3 is 5.73 Å². The summed E-state index contributed by atoms with van der Waals surface area (Å²) in [5, 5.41) is 0.425. The zero-order chi connectivity index (χ0) is 12.6. The Morgan fingerprint density at radius 3 is 2.06 bits per heavy atom. The fourth-order valence-corrected chi connectivity index (χ4v) is 2.02. The van der Waals surface area contributed by atoms with Gasteiger partial charge in [0.25, 0.3) is 0 Å². The van der Waals surface area contributed by atoms with Crippen LogP contribution in [-0.4, -0.2) is 0 Å². The first kappa shape index (κ1) is 12.1. The van der Waals surface area contributed by atoms with Crippen molar-refractivity contribution in [3.05, 3.63) is 52.0 Å². The van der Waals surface area contributed by atoms with E-state index in [1.54, 1.807) is 12.1 Å². The highest BCUT2D eigenvalue weighted by Gasteiger charge is 2.12. The Morgan fingerprint density at radius 1 is 0.824 bits per heavy atom. The fraction of sp³-hybridized carbons (Fsp3) is 0. The van der Waals surface area contributed by atoms with Crippen molar-refractivity contribution in [3.63, 3.8) is 0 Å². The first-order valence-electron chi connectivity index (χ1n) is 4.69. The average Bonchev–Trinajstić information content (AvgIpc) is 2.24. The van der Waals surface area contributed by atoms with Gasteiger partial charge in [0.2, 0.25) is 0 Å². The molecule has 0 radical (unpaired) electrons. The molecular weight excluding hydrogens is 267 g/mol. The lowest BCUT2D eigenvalue weighted by Crippen LogP contribution is -1.90. The molecule has 0 aliphatic rings. The van der Waals surface area contributed by atoms with E-state index in [9.17, 15) is 8.78 Å². The van der Waals surface area contributed by atoms with Crippen molar-refractivity contribution < 1.29 is 8.78 Å². The Hall–Kier alpha value is -1.32. The third-order valence-corrected chi connectivity index (χ3v) is 2.92. The van der Waals surface area contributed by atoms with Gasteiger partial charge in [-0.05, 0) is 24.3 Å². The molecule has 0 unspecified atom stereocenters. The summed E-state index contributed by atoms with van der Waals surface area (Å²) in [7, 11) is 0. The predicted octanol–water partition coefficient (Wildman–Crippen LogP) is 4.52. The highest BCUT2D eigenvalue weighted by Crippen LogP contribution is 2.35. The number of nitrogen functional groups attached to an aromatic ring is 1. The van der Waals surface area contributed by atoms with Gasteiger partial charge in [0.15, 0.2) is 11.6 Å². The summed E-state index contributed by atoms with van der Waals surface area (Å²) in [6.45, 7) is 0. The van der Waals surface area contributed by atoms with Gasteiger partial charge in [-0.25, -0.2) is 8.78 Å². The van der Waals surface area contributed by atoms with Crippen molar-refractivity contribution in [1.29, 1.82) is 0 Å². The van der Waals surface area contributed by atoms with Crippen LogP contribution in [0, 0.1) is 11.6 Å². The number of benzene rings is 2. The largest absolute Gasteiger partial charge is 0.399 e. The van der Waals surface area contributed by atoms with Crippen LogP contribution in [0.1, 0.15) is 0 Å². The summed E-state index contributed by atoms with van der Waals surface area (Å²) in [4.78, 5) is 0. The number of hydrogen-bond donors (Lipinski definition) is 1. The van der Waals surface area contributed by atoms with Crippen LogP contribution in [0.25, 0.3) is 11.1 Å². The second-order valence-electron chi connectivity index (χ2n) is 3.49. The zero-order valence-electron chi connectivity index (χ0n) is 8.48. The summed E-state index contributed by atoms with van der Waals surface area (Å²) in [6.07, 6.45) is 0. The number of halogens is 4. The van der Waals surface area contributed by atoms with E-state index in [-0.39, 0.29) is 5.02 Å². The minimum Gasteiger partial charge on any atom is -0.399 e. The minimum atomic E-state index is -0.995. The molecule has 2 N–H and O–H groups in total. The third-order valence-electron chi connectivity index (χ3n) is 2.29. The van der Waals surface area contributed by atoms with E-state index in [1.165, 1.54) is 6.07 Å². The normalized spacial score (nSPS) is 10.6. The van der Waals surface area contributed by atoms with Crippen LogP contribution >= 0.6 is 23.2 Å². The molecule has 17 heavy (non-hydrogen) atoms. The smallest absolute Gasteiger partial charge is 0.160 e. The molecule has 1 nitrogen and oxygen atoms in total. The molecule has 0 aliphatic carbocycles. The van der Waals surface area contributed by atoms with Crippen molar-refractivity contribution in [3.8, 4) is 11.1 Å². The molecular formula is C12H7Cl2F2N. The Labute approximate surface area is 107 Å². The average molecular weight is 274 g/mol. The molecule has 0 spiro atoms. The lowest BCUT2D eigenvalue weighted by molar-refractivity contribution is 0.509. The molecule has 0 saturated carbocycles. The zero-order valence-corrected chi connectivity index (χ0v) is 9.99. The van der Waals surface area contributed by atoms with E-state index < -0.39 is 11.6 Å². The fourth-order valence-electron chi connectivity index (χ4n) is 1.48. The van der Waals surface area contributed by atoms with Crippen LogP contribution in [-0.2, 0) is 0 Å². The van der Waals surface area contributed by atoms with Crippen molar-refractivity contribution in [1.82, 2.24) is 0 Å². The Balaban J connectivity index is 2.64. The summed E-state index contributed by atoms with van der Waals surface area (Å²) in [5.41, 5.74) is 6.86. The quantitative estimate of drug-likeness (QED) is 0.600. The molecule has 0 aromatic heterocycles. The minimum absolute atomic E-state index is 0.0931. The van der Waals surface area contributed by atoms with E-state index in [1.807, 2.05) is 0 Å². The molecule has 0 saturated heterocycles. The molecule has 0 heterocycles. The number of nitrogens with two attached hydrogens (primary N) is 1. The van der Waals surface area contributed by atoms with Crippen LogP contribution in [0.2, 0.25) is 10.0 Å². The van der Waals surface area contributed by atoms with Crippen molar-refractivity contribution in [2.24, 2.45) is 0 Å². The molecule has 0 atom stereocenters. The van der Waals surface area contributed by atoms with E-state index in [2.05, 4.69) is 0 Å². The second-order valence-corrected chi connectivity index (χ2v) is 4.30. The highest BCUT2D eigenvalue weighted by molar-refractivity contribution is 6.36. The lowest BCUT2D eigenvalue weighted by Gasteiger charge is -2.08. The topological polar surface area (TPSA) is 26.0 Å². The molecule has 88 valence electrons. The Bertz CT molecular complexity index is 585. The van der Waals surface area contributed by atoms with Gasteiger partial charge in [0.05, 0.1) is 10.0 Å². The number of anilines is 1. The summed E-state index contributed by atoms with van der Waals surface area (Å²) >= 11 is 11.8. The summed E-state index contributed by atoms with van der Waals surface area (Å²) in [5.74, 6) is -1.97. The van der Waals surface area contributed by atoms with Gasteiger partial charge in [-0.1, -0.05) is 29.3 Å². The van der Waals surface area contributed by atoms with Gasteiger partial charge >= 0.3 is 0 Å². The maximum atomic E-state index is 13.2. The third kappa shape index (κ3) is 2.35. The maximum Gasteiger partial charge on any atom is 0.160 e. The predicted molar refractivity (Wildman–Crippen MR) is 66.2 cm³/mol.